The fourth-order valence-electron chi connectivity index (χ4n) is 4.31. The van der Waals surface area contributed by atoms with E-state index >= 15 is 0 Å². The van der Waals surface area contributed by atoms with Crippen LogP contribution in [0.15, 0.2) is 23.3 Å². The minimum Gasteiger partial charge on any atom is -0.478 e. The lowest BCUT2D eigenvalue weighted by Gasteiger charge is -2.43. The Morgan fingerprint density at radius 3 is 2.45 bits per heavy atom. The second-order valence-corrected chi connectivity index (χ2v) is 7.16. The van der Waals surface area contributed by atoms with Gasteiger partial charge in [-0.15, -0.1) is 0 Å². The van der Waals surface area contributed by atoms with Crippen LogP contribution in [-0.2, 0) is 4.79 Å². The van der Waals surface area contributed by atoms with Crippen molar-refractivity contribution in [3.05, 3.63) is 23.3 Å². The van der Waals surface area contributed by atoms with E-state index in [0.29, 0.717) is 11.3 Å². The highest BCUT2D eigenvalue weighted by Gasteiger charge is 2.36. The first-order valence-electron chi connectivity index (χ1n) is 8.04. The lowest BCUT2D eigenvalue weighted by atomic mass is 9.62. The van der Waals surface area contributed by atoms with Crippen molar-refractivity contribution in [2.45, 2.75) is 65.7 Å². The van der Waals surface area contributed by atoms with Crippen LogP contribution in [0, 0.1) is 17.3 Å². The molecule has 1 fully saturated rings. The lowest BCUT2D eigenvalue weighted by Crippen LogP contribution is -2.30. The molecule has 20 heavy (non-hydrogen) atoms. The molecule has 0 spiro atoms. The Balaban J connectivity index is 2.29. The van der Waals surface area contributed by atoms with Gasteiger partial charge in [-0.1, -0.05) is 50.3 Å². The highest BCUT2D eigenvalue weighted by Crippen LogP contribution is 2.49. The van der Waals surface area contributed by atoms with E-state index in [9.17, 15) is 4.79 Å². The number of carboxylic acids is 1. The molecule has 0 radical (unpaired) electrons. The summed E-state index contributed by atoms with van der Waals surface area (Å²) in [5, 5.41) is 8.84. The molecule has 2 nitrogen and oxygen atoms in total. The zero-order valence-electron chi connectivity index (χ0n) is 13.1. The Bertz CT molecular complexity index is 423. The molecule has 1 atom stereocenters. The van der Waals surface area contributed by atoms with E-state index in [0.717, 1.165) is 12.3 Å². The van der Waals surface area contributed by atoms with Crippen molar-refractivity contribution < 1.29 is 9.90 Å². The molecule has 112 valence electrons. The molecule has 0 aromatic rings. The predicted octanol–water partition coefficient (Wildman–Crippen LogP) is 4.96. The quantitative estimate of drug-likeness (QED) is 0.584. The first kappa shape index (κ1) is 15.3. The number of aliphatic carboxylic acids is 1. The zero-order chi connectivity index (χ0) is 14.8. The third-order valence-corrected chi connectivity index (χ3v) is 5.28. The summed E-state index contributed by atoms with van der Waals surface area (Å²) in [6, 6.07) is 0. The smallest absolute Gasteiger partial charge is 0.327 e. The van der Waals surface area contributed by atoms with Gasteiger partial charge in [0.15, 0.2) is 0 Å². The maximum Gasteiger partial charge on any atom is 0.327 e. The Kier molecular flexibility index (Phi) is 4.72. The van der Waals surface area contributed by atoms with Gasteiger partial charge in [-0.2, -0.15) is 0 Å². The molecule has 0 bridgehead atoms. The summed E-state index contributed by atoms with van der Waals surface area (Å²) in [6.45, 7) is 6.98. The van der Waals surface area contributed by atoms with E-state index in [-0.39, 0.29) is 0 Å². The maximum atomic E-state index is 10.8. The monoisotopic (exact) mass is 276 g/mol. The molecule has 0 saturated heterocycles. The molecule has 1 N–H and O–H groups in total. The Morgan fingerprint density at radius 2 is 1.85 bits per heavy atom. The molecule has 2 rings (SSSR count). The number of rotatable bonds is 3. The summed E-state index contributed by atoms with van der Waals surface area (Å²) in [4.78, 5) is 10.8. The fraction of sp³-hybridized carbons (Fsp3) is 0.722. The number of carbonyl (C=O) groups is 1. The number of allylic oxidation sites excluding steroid dienone is 3. The second kappa shape index (κ2) is 6.15. The van der Waals surface area contributed by atoms with Gasteiger partial charge in [0.25, 0.3) is 0 Å². The largest absolute Gasteiger partial charge is 0.478 e. The molecule has 2 heteroatoms. The van der Waals surface area contributed by atoms with Crippen LogP contribution in [0.5, 0.6) is 0 Å². The van der Waals surface area contributed by atoms with Gasteiger partial charge in [0.2, 0.25) is 0 Å². The number of carboxylic acid groups (broad SMARTS) is 1. The summed E-state index contributed by atoms with van der Waals surface area (Å²) >= 11 is 0. The second-order valence-electron chi connectivity index (χ2n) is 7.16. The first-order valence-corrected chi connectivity index (χ1v) is 8.04. The third-order valence-electron chi connectivity index (χ3n) is 5.28. The van der Waals surface area contributed by atoms with Gasteiger partial charge in [-0.3, -0.25) is 0 Å². The van der Waals surface area contributed by atoms with Crippen LogP contribution < -0.4 is 0 Å². The van der Waals surface area contributed by atoms with Gasteiger partial charge < -0.3 is 5.11 Å². The van der Waals surface area contributed by atoms with E-state index in [1.165, 1.54) is 50.2 Å². The predicted molar refractivity (Wildman–Crippen MR) is 82.6 cm³/mol. The molecule has 1 saturated carbocycles. The van der Waals surface area contributed by atoms with Crippen LogP contribution in [0.1, 0.15) is 65.7 Å². The molecule has 0 aromatic carbocycles. The maximum absolute atomic E-state index is 10.8. The van der Waals surface area contributed by atoms with Crippen molar-refractivity contribution in [1.82, 2.24) is 0 Å². The van der Waals surface area contributed by atoms with Crippen molar-refractivity contribution in [3.63, 3.8) is 0 Å². The standard InChI is InChI=1S/C18H28O2/c1-13-14(9-10-16(19)20)11-12-18(2,3)17(13)15-7-5-4-6-8-15/h9-10,14-15H,4-8,11-12H2,1-3H3,(H,19,20)/b10-9+. The SMILES string of the molecule is CC1=C(C2CCCCC2)C(C)(C)CCC1/C=C/C(=O)O. The molecule has 0 aliphatic heterocycles. The zero-order valence-corrected chi connectivity index (χ0v) is 13.1. The van der Waals surface area contributed by atoms with E-state index in [1.807, 2.05) is 6.08 Å². The molecule has 2 aliphatic carbocycles. The molecule has 1 unspecified atom stereocenters. The molecule has 0 aromatic heterocycles. The van der Waals surface area contributed by atoms with Crippen LogP contribution in [0.25, 0.3) is 0 Å². The first-order chi connectivity index (χ1) is 9.42. The van der Waals surface area contributed by atoms with Crippen LogP contribution in [0.2, 0.25) is 0 Å². The lowest BCUT2D eigenvalue weighted by molar-refractivity contribution is -0.131. The van der Waals surface area contributed by atoms with Crippen LogP contribution >= 0.6 is 0 Å². The summed E-state index contributed by atoms with van der Waals surface area (Å²) in [5.74, 6) is 0.234. The molecular formula is C18H28O2. The van der Waals surface area contributed by atoms with E-state index in [4.69, 9.17) is 5.11 Å². The molecule has 0 heterocycles. The fourth-order valence-corrected chi connectivity index (χ4v) is 4.31. The van der Waals surface area contributed by atoms with Gasteiger partial charge in [-0.25, -0.2) is 4.79 Å². The van der Waals surface area contributed by atoms with Gasteiger partial charge in [0, 0.05) is 6.08 Å². The van der Waals surface area contributed by atoms with Gasteiger partial charge in [-0.05, 0) is 49.9 Å². The van der Waals surface area contributed by atoms with Crippen LogP contribution in [0.3, 0.4) is 0 Å². The average Bonchev–Trinajstić information content (AvgIpc) is 2.38. The summed E-state index contributed by atoms with van der Waals surface area (Å²) < 4.78 is 0. The third kappa shape index (κ3) is 3.34. The Morgan fingerprint density at radius 1 is 1.20 bits per heavy atom. The Labute approximate surface area is 123 Å². The molecular weight excluding hydrogens is 248 g/mol. The topological polar surface area (TPSA) is 37.3 Å². The van der Waals surface area contributed by atoms with Crippen molar-refractivity contribution in [2.75, 3.05) is 0 Å². The van der Waals surface area contributed by atoms with Gasteiger partial charge >= 0.3 is 5.97 Å². The Hall–Kier alpha value is -1.05. The summed E-state index contributed by atoms with van der Waals surface area (Å²) in [5.41, 5.74) is 3.38. The summed E-state index contributed by atoms with van der Waals surface area (Å²) in [7, 11) is 0. The average molecular weight is 276 g/mol. The highest BCUT2D eigenvalue weighted by molar-refractivity contribution is 5.79. The number of hydrogen-bond acceptors (Lipinski definition) is 1. The van der Waals surface area contributed by atoms with E-state index in [2.05, 4.69) is 20.8 Å². The molecule has 0 amide bonds. The van der Waals surface area contributed by atoms with E-state index in [1.54, 1.807) is 5.57 Å². The summed E-state index contributed by atoms with van der Waals surface area (Å²) in [6.07, 6.45) is 12.2. The minimum atomic E-state index is -0.832. The number of hydrogen-bond donors (Lipinski definition) is 1. The van der Waals surface area contributed by atoms with Crippen molar-refractivity contribution >= 4 is 5.97 Å². The van der Waals surface area contributed by atoms with Crippen LogP contribution in [-0.4, -0.2) is 11.1 Å². The van der Waals surface area contributed by atoms with Crippen molar-refractivity contribution in [1.29, 1.82) is 0 Å². The van der Waals surface area contributed by atoms with Crippen molar-refractivity contribution in [3.8, 4) is 0 Å². The van der Waals surface area contributed by atoms with E-state index < -0.39 is 5.97 Å². The van der Waals surface area contributed by atoms with Gasteiger partial charge in [0.1, 0.15) is 0 Å². The normalized spacial score (nSPS) is 28.1. The minimum absolute atomic E-state index is 0.291. The van der Waals surface area contributed by atoms with Gasteiger partial charge in [0.05, 0.1) is 0 Å². The highest BCUT2D eigenvalue weighted by atomic mass is 16.4. The van der Waals surface area contributed by atoms with Crippen molar-refractivity contribution in [2.24, 2.45) is 17.3 Å². The molecule has 2 aliphatic rings. The van der Waals surface area contributed by atoms with Crippen LogP contribution in [0.4, 0.5) is 0 Å².